The van der Waals surface area contributed by atoms with Crippen LogP contribution in [0.1, 0.15) is 29.1 Å². The van der Waals surface area contributed by atoms with Crippen molar-refractivity contribution in [1.82, 2.24) is 10.3 Å². The largest absolute Gasteiger partial charge is 0.389 e. The summed E-state index contributed by atoms with van der Waals surface area (Å²) in [5, 5.41) is 17.4. The van der Waals surface area contributed by atoms with Gasteiger partial charge in [-0.25, -0.2) is 4.98 Å². The van der Waals surface area contributed by atoms with Crippen molar-refractivity contribution in [3.8, 4) is 0 Å². The number of rotatable bonds is 9. The van der Waals surface area contributed by atoms with Crippen LogP contribution in [-0.2, 0) is 11.2 Å². The number of aromatic nitrogens is 1. The number of aryl methyl sites for hydroxylation is 1. The second-order valence-electron chi connectivity index (χ2n) is 5.03. The van der Waals surface area contributed by atoms with E-state index in [9.17, 15) is 5.11 Å². The van der Waals surface area contributed by atoms with Crippen LogP contribution in [0.25, 0.3) is 0 Å². The zero-order chi connectivity index (χ0) is 15.1. The Morgan fingerprint density at radius 3 is 3.00 bits per heavy atom. The van der Waals surface area contributed by atoms with E-state index < -0.39 is 6.10 Å². The molecule has 2 aromatic rings. The predicted octanol–water partition coefficient (Wildman–Crippen LogP) is 2.78. The molecule has 2 rings (SSSR count). The average molecular weight is 326 g/mol. The van der Waals surface area contributed by atoms with Crippen molar-refractivity contribution in [2.75, 3.05) is 19.8 Å². The summed E-state index contributed by atoms with van der Waals surface area (Å²) in [5.41, 5.74) is 4.19. The van der Waals surface area contributed by atoms with Crippen LogP contribution < -0.4 is 5.32 Å². The van der Waals surface area contributed by atoms with Gasteiger partial charge in [0, 0.05) is 23.9 Å². The zero-order valence-corrected chi connectivity index (χ0v) is 14.0. The molecule has 2 atom stereocenters. The first kappa shape index (κ1) is 16.6. The van der Waals surface area contributed by atoms with Crippen LogP contribution in [0.2, 0.25) is 0 Å². The molecule has 116 valence electrons. The fraction of sp³-hybridized carbons (Fsp3) is 0.533. The fourth-order valence-corrected chi connectivity index (χ4v) is 3.48. The Hall–Kier alpha value is -0.790. The molecular formula is C15H22N2O2S2. The first-order chi connectivity index (χ1) is 10.2. The Bertz CT molecular complexity index is 513. The van der Waals surface area contributed by atoms with Crippen LogP contribution in [-0.4, -0.2) is 36.0 Å². The molecule has 0 fully saturated rings. The van der Waals surface area contributed by atoms with Gasteiger partial charge in [-0.05, 0) is 36.2 Å². The van der Waals surface area contributed by atoms with Gasteiger partial charge in [0.15, 0.2) is 0 Å². The van der Waals surface area contributed by atoms with Crippen molar-refractivity contribution in [2.24, 2.45) is 0 Å². The minimum Gasteiger partial charge on any atom is -0.389 e. The average Bonchev–Trinajstić information content (AvgIpc) is 3.13. The third kappa shape index (κ3) is 5.48. The molecule has 0 radical (unpaired) electrons. The molecule has 2 N–H and O–H groups in total. The van der Waals surface area contributed by atoms with Gasteiger partial charge in [-0.2, -0.15) is 11.3 Å². The summed E-state index contributed by atoms with van der Waals surface area (Å²) in [7, 11) is 0. The number of nitrogens with zero attached hydrogens (tertiary/aromatic N) is 1. The lowest BCUT2D eigenvalue weighted by molar-refractivity contribution is 0.0373. The van der Waals surface area contributed by atoms with Crippen LogP contribution in [0.3, 0.4) is 0 Å². The van der Waals surface area contributed by atoms with E-state index in [0.29, 0.717) is 19.8 Å². The monoisotopic (exact) mass is 326 g/mol. The highest BCUT2D eigenvalue weighted by Gasteiger charge is 2.09. The number of ether oxygens (including phenoxy) is 1. The molecule has 6 heteroatoms. The molecule has 21 heavy (non-hydrogen) atoms. The number of aliphatic hydroxyl groups is 1. The summed E-state index contributed by atoms with van der Waals surface area (Å²) >= 11 is 3.34. The number of hydrogen-bond donors (Lipinski definition) is 2. The lowest BCUT2D eigenvalue weighted by Gasteiger charge is -2.16. The second kappa shape index (κ2) is 8.60. The van der Waals surface area contributed by atoms with E-state index in [1.54, 1.807) is 22.7 Å². The van der Waals surface area contributed by atoms with E-state index in [-0.39, 0.29) is 6.04 Å². The first-order valence-corrected chi connectivity index (χ1v) is 8.89. The maximum atomic E-state index is 9.91. The maximum Gasteiger partial charge on any atom is 0.0897 e. The maximum absolute atomic E-state index is 9.91. The van der Waals surface area contributed by atoms with Crippen LogP contribution in [0, 0.1) is 6.92 Å². The van der Waals surface area contributed by atoms with E-state index in [2.05, 4.69) is 34.1 Å². The van der Waals surface area contributed by atoms with Gasteiger partial charge in [0.1, 0.15) is 0 Å². The third-order valence-corrected chi connectivity index (χ3v) is 5.03. The summed E-state index contributed by atoms with van der Waals surface area (Å²) in [5.74, 6) is 0. The van der Waals surface area contributed by atoms with Crippen molar-refractivity contribution in [2.45, 2.75) is 32.4 Å². The van der Waals surface area contributed by atoms with Gasteiger partial charge >= 0.3 is 0 Å². The molecule has 0 saturated carbocycles. The SMILES string of the molecule is Cc1ncsc1CCOCC(O)CNC(C)c1ccsc1. The highest BCUT2D eigenvalue weighted by Crippen LogP contribution is 2.15. The molecule has 0 bridgehead atoms. The predicted molar refractivity (Wildman–Crippen MR) is 88.1 cm³/mol. The van der Waals surface area contributed by atoms with Crippen molar-refractivity contribution in [1.29, 1.82) is 0 Å². The minimum absolute atomic E-state index is 0.255. The van der Waals surface area contributed by atoms with Gasteiger partial charge in [0.2, 0.25) is 0 Å². The Morgan fingerprint density at radius 2 is 2.33 bits per heavy atom. The van der Waals surface area contributed by atoms with E-state index in [1.807, 2.05) is 12.4 Å². The highest BCUT2D eigenvalue weighted by molar-refractivity contribution is 7.09. The lowest BCUT2D eigenvalue weighted by Crippen LogP contribution is -2.32. The summed E-state index contributed by atoms with van der Waals surface area (Å²) in [6, 6.07) is 2.36. The molecule has 0 aliphatic carbocycles. The van der Waals surface area contributed by atoms with Crippen molar-refractivity contribution < 1.29 is 9.84 Å². The summed E-state index contributed by atoms with van der Waals surface area (Å²) in [6.07, 6.45) is 0.385. The molecule has 0 aromatic carbocycles. The number of thiazole rings is 1. The van der Waals surface area contributed by atoms with Gasteiger partial charge in [-0.3, -0.25) is 0 Å². The summed E-state index contributed by atoms with van der Waals surface area (Å²) in [4.78, 5) is 5.47. The van der Waals surface area contributed by atoms with Gasteiger partial charge < -0.3 is 15.2 Å². The number of hydrogen-bond acceptors (Lipinski definition) is 6. The van der Waals surface area contributed by atoms with Gasteiger partial charge in [0.25, 0.3) is 0 Å². The van der Waals surface area contributed by atoms with Gasteiger partial charge in [-0.15, -0.1) is 11.3 Å². The van der Waals surface area contributed by atoms with E-state index >= 15 is 0 Å². The Morgan fingerprint density at radius 1 is 1.48 bits per heavy atom. The number of thiophene rings is 1. The second-order valence-corrected chi connectivity index (χ2v) is 6.75. The topological polar surface area (TPSA) is 54.4 Å². The molecule has 2 aromatic heterocycles. The molecule has 0 spiro atoms. The van der Waals surface area contributed by atoms with Crippen molar-refractivity contribution in [3.63, 3.8) is 0 Å². The van der Waals surface area contributed by atoms with Gasteiger partial charge in [-0.1, -0.05) is 0 Å². The summed E-state index contributed by atoms with van der Waals surface area (Å²) < 4.78 is 5.54. The molecule has 0 saturated heterocycles. The van der Waals surface area contributed by atoms with Crippen LogP contribution in [0.5, 0.6) is 0 Å². The highest BCUT2D eigenvalue weighted by atomic mass is 32.1. The molecule has 0 aliphatic heterocycles. The molecule has 2 heterocycles. The molecular weight excluding hydrogens is 304 g/mol. The number of nitrogens with one attached hydrogen (secondary N) is 1. The standard InChI is InChI=1S/C15H22N2O2S2/c1-11(13-4-6-20-9-13)16-7-14(18)8-19-5-3-15-12(2)17-10-21-15/h4,6,9-11,14,16,18H,3,5,7-8H2,1-2H3. The Balaban J connectivity index is 1.57. The molecule has 0 amide bonds. The van der Waals surface area contributed by atoms with E-state index in [4.69, 9.17) is 4.74 Å². The molecule has 4 nitrogen and oxygen atoms in total. The van der Waals surface area contributed by atoms with E-state index in [0.717, 1.165) is 12.1 Å². The minimum atomic E-state index is -0.478. The molecule has 2 unspecified atom stereocenters. The fourth-order valence-electron chi connectivity index (χ4n) is 1.96. The summed E-state index contributed by atoms with van der Waals surface area (Å²) in [6.45, 7) is 5.64. The van der Waals surface area contributed by atoms with Crippen molar-refractivity contribution in [3.05, 3.63) is 38.5 Å². The van der Waals surface area contributed by atoms with Crippen LogP contribution in [0.4, 0.5) is 0 Å². The Kier molecular flexibility index (Phi) is 6.79. The first-order valence-electron chi connectivity index (χ1n) is 7.07. The smallest absolute Gasteiger partial charge is 0.0897 e. The Labute approximate surface area is 133 Å². The third-order valence-electron chi connectivity index (χ3n) is 3.33. The van der Waals surface area contributed by atoms with E-state index in [1.165, 1.54) is 10.4 Å². The normalized spacial score (nSPS) is 14.2. The van der Waals surface area contributed by atoms with Gasteiger partial charge in [0.05, 0.1) is 30.5 Å². The quantitative estimate of drug-likeness (QED) is 0.696. The van der Waals surface area contributed by atoms with Crippen LogP contribution in [0.15, 0.2) is 22.3 Å². The zero-order valence-electron chi connectivity index (χ0n) is 12.4. The lowest BCUT2D eigenvalue weighted by atomic mass is 10.2. The van der Waals surface area contributed by atoms with Crippen molar-refractivity contribution >= 4 is 22.7 Å². The molecule has 0 aliphatic rings. The number of aliphatic hydroxyl groups excluding tert-OH is 1. The van der Waals surface area contributed by atoms with Crippen LogP contribution >= 0.6 is 22.7 Å².